The minimum Gasteiger partial charge on any atom is -0.300 e. The van der Waals surface area contributed by atoms with Gasteiger partial charge in [-0.1, -0.05) is 29.3 Å². The second-order valence-corrected chi connectivity index (χ2v) is 13.0. The molecule has 1 aliphatic carbocycles. The van der Waals surface area contributed by atoms with Gasteiger partial charge in [0.2, 0.25) is 11.8 Å². The number of rotatable bonds is 8. The first-order valence-corrected chi connectivity index (χ1v) is 14.9. The fourth-order valence-corrected chi connectivity index (χ4v) is 6.71. The van der Waals surface area contributed by atoms with E-state index >= 15 is 0 Å². The fourth-order valence-electron chi connectivity index (χ4n) is 5.74. The Balaban J connectivity index is 1.25. The van der Waals surface area contributed by atoms with Crippen LogP contribution in [0.1, 0.15) is 37.7 Å². The number of amides is 2. The Bertz CT molecular complexity index is 1130. The molecule has 0 radical (unpaired) electrons. The van der Waals surface area contributed by atoms with Gasteiger partial charge in [0, 0.05) is 58.3 Å². The first kappa shape index (κ1) is 26.3. The Kier molecular flexibility index (Phi) is 7.41. The van der Waals surface area contributed by atoms with Crippen LogP contribution in [0.2, 0.25) is 10.0 Å². The predicted molar refractivity (Wildman–Crippen MR) is 138 cm³/mol. The van der Waals surface area contributed by atoms with Gasteiger partial charge >= 0.3 is 0 Å². The van der Waals surface area contributed by atoms with Crippen LogP contribution in [0, 0.1) is 5.92 Å². The van der Waals surface area contributed by atoms with Gasteiger partial charge in [0.1, 0.15) is 0 Å². The molecule has 5 rings (SSSR count). The zero-order chi connectivity index (χ0) is 25.7. The molecule has 198 valence electrons. The van der Waals surface area contributed by atoms with Crippen molar-refractivity contribution in [1.29, 1.82) is 0 Å². The Labute approximate surface area is 222 Å². The minimum absolute atomic E-state index is 0.0785. The number of hydrogen-bond acceptors (Lipinski definition) is 6. The highest BCUT2D eigenvalue weighted by Gasteiger charge is 2.50. The molecular formula is C24H33Cl2N5O4S. The molecule has 3 heterocycles. The topological polar surface area (TPSA) is 107 Å². The normalized spacial score (nSPS) is 27.5. The van der Waals surface area contributed by atoms with Gasteiger partial charge < -0.3 is 4.90 Å². The van der Waals surface area contributed by atoms with E-state index in [0.29, 0.717) is 74.0 Å². The summed E-state index contributed by atoms with van der Waals surface area (Å²) in [7, 11) is -3.63. The van der Waals surface area contributed by atoms with E-state index in [9.17, 15) is 18.0 Å². The molecule has 9 nitrogen and oxygen atoms in total. The summed E-state index contributed by atoms with van der Waals surface area (Å²) in [6.45, 7) is 5.13. The third-order valence-electron chi connectivity index (χ3n) is 8.27. The molecule has 1 aromatic carbocycles. The van der Waals surface area contributed by atoms with Gasteiger partial charge in [0.05, 0.1) is 15.5 Å². The third-order valence-corrected chi connectivity index (χ3v) is 10.1. The first-order valence-electron chi connectivity index (χ1n) is 12.6. The largest absolute Gasteiger partial charge is 0.300 e. The van der Waals surface area contributed by atoms with Crippen molar-refractivity contribution in [2.45, 2.75) is 43.6 Å². The standard InChI is InChI=1S/C24H33Cl2N5O4S/c25-20-4-3-18(13-21(20)26)24(6-5-22(32)31(23(24)33)14-17-1-2-17)7-8-28-15-19(16-28)29-9-11-30(12-10-29)36(27,34)35/h3-4,13,17,19H,1-2,5-12,14-16H2,(H2,27,34,35)/t24-/m0/s1. The van der Waals surface area contributed by atoms with Crippen LogP contribution in [0.5, 0.6) is 0 Å². The highest BCUT2D eigenvalue weighted by atomic mass is 35.5. The number of piperazine rings is 1. The van der Waals surface area contributed by atoms with Crippen LogP contribution in [0.3, 0.4) is 0 Å². The van der Waals surface area contributed by atoms with Gasteiger partial charge in [-0.05, 0) is 55.8 Å². The Morgan fingerprint density at radius 1 is 1.03 bits per heavy atom. The quantitative estimate of drug-likeness (QED) is 0.487. The maximum Gasteiger partial charge on any atom is 0.276 e. The van der Waals surface area contributed by atoms with E-state index in [2.05, 4.69) is 9.80 Å². The molecule has 0 aromatic heterocycles. The summed E-state index contributed by atoms with van der Waals surface area (Å²) in [6.07, 6.45) is 3.55. The molecule has 3 saturated heterocycles. The maximum atomic E-state index is 13.9. The second-order valence-electron chi connectivity index (χ2n) is 10.6. The molecule has 1 saturated carbocycles. The molecule has 1 atom stereocenters. The van der Waals surface area contributed by atoms with E-state index in [-0.39, 0.29) is 11.8 Å². The summed E-state index contributed by atoms with van der Waals surface area (Å²) in [5.41, 5.74) is 0.0230. The molecule has 3 aliphatic heterocycles. The van der Waals surface area contributed by atoms with Gasteiger partial charge in [-0.3, -0.25) is 19.4 Å². The molecule has 4 fully saturated rings. The van der Waals surface area contributed by atoms with Crippen LogP contribution in [-0.2, 0) is 25.2 Å². The molecular weight excluding hydrogens is 525 g/mol. The van der Waals surface area contributed by atoms with Gasteiger partial charge in [0.25, 0.3) is 10.2 Å². The van der Waals surface area contributed by atoms with Crippen molar-refractivity contribution in [3.63, 3.8) is 0 Å². The summed E-state index contributed by atoms with van der Waals surface area (Å²) in [5, 5.41) is 6.11. The Morgan fingerprint density at radius 2 is 1.72 bits per heavy atom. The SMILES string of the molecule is NS(=O)(=O)N1CCN(C2CN(CC[C@]3(c4ccc(Cl)c(Cl)c4)CCC(=O)N(CC4CC4)C3=O)C2)CC1. The van der Waals surface area contributed by atoms with E-state index in [4.69, 9.17) is 28.3 Å². The molecule has 2 N–H and O–H groups in total. The van der Waals surface area contributed by atoms with Gasteiger partial charge in [0.15, 0.2) is 0 Å². The molecule has 12 heteroatoms. The number of carbonyl (C=O) groups excluding carboxylic acids is 2. The summed E-state index contributed by atoms with van der Waals surface area (Å²) in [5.74, 6) is 0.235. The number of benzene rings is 1. The zero-order valence-electron chi connectivity index (χ0n) is 20.2. The Morgan fingerprint density at radius 3 is 2.33 bits per heavy atom. The van der Waals surface area contributed by atoms with Gasteiger partial charge in [-0.25, -0.2) is 5.14 Å². The van der Waals surface area contributed by atoms with E-state index in [1.54, 1.807) is 12.1 Å². The monoisotopic (exact) mass is 557 g/mol. The molecule has 0 bridgehead atoms. The van der Waals surface area contributed by atoms with Crippen LogP contribution in [0.15, 0.2) is 18.2 Å². The van der Waals surface area contributed by atoms with Crippen molar-refractivity contribution in [1.82, 2.24) is 19.0 Å². The van der Waals surface area contributed by atoms with E-state index < -0.39 is 15.6 Å². The van der Waals surface area contributed by atoms with Crippen molar-refractivity contribution in [3.8, 4) is 0 Å². The first-order chi connectivity index (χ1) is 17.1. The summed E-state index contributed by atoms with van der Waals surface area (Å²) < 4.78 is 24.4. The minimum atomic E-state index is -3.63. The lowest BCUT2D eigenvalue weighted by atomic mass is 9.70. The number of carbonyl (C=O) groups is 2. The van der Waals surface area contributed by atoms with Crippen LogP contribution in [0.25, 0.3) is 0 Å². The molecule has 0 unspecified atom stereocenters. The predicted octanol–water partition coefficient (Wildman–Crippen LogP) is 1.69. The number of likely N-dealkylation sites (tertiary alicyclic amines) is 2. The van der Waals surface area contributed by atoms with Crippen molar-refractivity contribution in [2.24, 2.45) is 11.1 Å². The lowest BCUT2D eigenvalue weighted by Crippen LogP contribution is -2.64. The van der Waals surface area contributed by atoms with Crippen molar-refractivity contribution in [3.05, 3.63) is 33.8 Å². The van der Waals surface area contributed by atoms with Gasteiger partial charge in [-0.15, -0.1) is 0 Å². The number of halogens is 2. The summed E-state index contributed by atoms with van der Waals surface area (Å²) in [6, 6.07) is 5.76. The smallest absolute Gasteiger partial charge is 0.276 e. The van der Waals surface area contributed by atoms with E-state index in [1.165, 1.54) is 9.21 Å². The van der Waals surface area contributed by atoms with Crippen molar-refractivity contribution < 1.29 is 18.0 Å². The lowest BCUT2D eigenvalue weighted by molar-refractivity contribution is -0.154. The van der Waals surface area contributed by atoms with Crippen LogP contribution in [0.4, 0.5) is 0 Å². The van der Waals surface area contributed by atoms with Crippen LogP contribution >= 0.6 is 23.2 Å². The number of nitrogens with zero attached hydrogens (tertiary/aromatic N) is 4. The maximum absolute atomic E-state index is 13.9. The van der Waals surface area contributed by atoms with Crippen molar-refractivity contribution >= 4 is 45.2 Å². The van der Waals surface area contributed by atoms with Crippen LogP contribution in [-0.4, -0.2) is 97.6 Å². The number of piperidine rings is 1. The van der Waals surface area contributed by atoms with Crippen molar-refractivity contribution in [2.75, 3.05) is 52.4 Å². The van der Waals surface area contributed by atoms with Crippen LogP contribution < -0.4 is 5.14 Å². The van der Waals surface area contributed by atoms with Gasteiger partial charge in [-0.2, -0.15) is 12.7 Å². The van der Waals surface area contributed by atoms with E-state index in [0.717, 1.165) is 38.0 Å². The molecule has 2 amide bonds. The molecule has 4 aliphatic rings. The average Bonchev–Trinajstić information content (AvgIpc) is 3.63. The molecule has 1 aromatic rings. The highest BCUT2D eigenvalue weighted by Crippen LogP contribution is 2.43. The second kappa shape index (κ2) is 10.1. The van der Waals surface area contributed by atoms with E-state index in [1.807, 2.05) is 6.07 Å². The summed E-state index contributed by atoms with van der Waals surface area (Å²) in [4.78, 5) is 32.7. The zero-order valence-corrected chi connectivity index (χ0v) is 22.6. The number of imide groups is 1. The summed E-state index contributed by atoms with van der Waals surface area (Å²) >= 11 is 12.5. The Hall–Kier alpha value is -1.27. The third kappa shape index (κ3) is 5.32. The number of hydrogen-bond donors (Lipinski definition) is 1. The average molecular weight is 559 g/mol. The highest BCUT2D eigenvalue weighted by molar-refractivity contribution is 7.86. The fraction of sp³-hybridized carbons (Fsp3) is 0.667. The number of nitrogens with two attached hydrogens (primary N) is 1. The molecule has 0 spiro atoms. The lowest BCUT2D eigenvalue weighted by Gasteiger charge is -2.49. The molecule has 36 heavy (non-hydrogen) atoms.